The molecular weight excluding hydrogens is 322 g/mol. The Hall–Kier alpha value is -2.38. The highest BCUT2D eigenvalue weighted by Crippen LogP contribution is 2.31. The molecule has 0 aliphatic carbocycles. The summed E-state index contributed by atoms with van der Waals surface area (Å²) in [6.45, 7) is 5.87. The second-order valence-electron chi connectivity index (χ2n) is 6.54. The second kappa shape index (κ2) is 7.25. The summed E-state index contributed by atoms with van der Waals surface area (Å²) in [7, 11) is 0. The fourth-order valence-electron chi connectivity index (χ4n) is 3.05. The molecule has 0 bridgehead atoms. The zero-order valence-corrected chi connectivity index (χ0v) is 14.4. The molecule has 1 saturated heterocycles. The number of carbonyl (C=O) groups excluding carboxylic acids is 1. The van der Waals surface area contributed by atoms with Gasteiger partial charge in [-0.25, -0.2) is 0 Å². The number of aromatic nitrogens is 1. The fourth-order valence-corrected chi connectivity index (χ4v) is 3.05. The van der Waals surface area contributed by atoms with Gasteiger partial charge in [0.1, 0.15) is 6.04 Å². The van der Waals surface area contributed by atoms with E-state index < -0.39 is 12.0 Å². The van der Waals surface area contributed by atoms with Gasteiger partial charge in [-0.1, -0.05) is 13.8 Å². The van der Waals surface area contributed by atoms with Crippen LogP contribution in [0.15, 0.2) is 24.4 Å². The number of anilines is 1. The van der Waals surface area contributed by atoms with Gasteiger partial charge in [-0.3, -0.25) is 14.5 Å². The molecule has 0 radical (unpaired) electrons. The molecule has 0 unspecified atom stereocenters. The van der Waals surface area contributed by atoms with E-state index in [1.54, 1.807) is 6.20 Å². The van der Waals surface area contributed by atoms with Gasteiger partial charge in [-0.05, 0) is 18.2 Å². The second-order valence-corrected chi connectivity index (χ2v) is 6.54. The first-order chi connectivity index (χ1) is 12.0. The number of aromatic amines is 1. The number of carbonyl (C=O) groups is 2. The van der Waals surface area contributed by atoms with Crippen LogP contribution in [0.1, 0.15) is 25.5 Å². The number of carboxylic acid groups (broad SMARTS) is 1. The molecule has 134 valence electrons. The zero-order valence-electron chi connectivity index (χ0n) is 14.4. The fraction of sp³-hybridized carbons (Fsp3) is 0.444. The van der Waals surface area contributed by atoms with Crippen molar-refractivity contribution in [1.82, 2.24) is 9.88 Å². The number of benzene rings is 1. The molecular formula is C18H23N3O4. The molecule has 3 rings (SSSR count). The van der Waals surface area contributed by atoms with Gasteiger partial charge in [0.25, 0.3) is 0 Å². The molecule has 2 heterocycles. The highest BCUT2D eigenvalue weighted by atomic mass is 16.5. The molecule has 7 heteroatoms. The smallest absolute Gasteiger partial charge is 0.325 e. The molecule has 3 N–H and O–H groups in total. The van der Waals surface area contributed by atoms with E-state index in [9.17, 15) is 14.7 Å². The standard InChI is InChI=1S/C18H23N3O4/c1-11(2)17(22)20-12-3-4-15-13(9-12)14(10-19-15)16(18(23)24)21-5-7-25-8-6-21/h3-4,9-11,16,19H,5-8H2,1-2H3,(H,20,22)(H,23,24)/t16-/m1/s1. The zero-order chi connectivity index (χ0) is 18.0. The molecule has 25 heavy (non-hydrogen) atoms. The third-order valence-corrected chi connectivity index (χ3v) is 4.44. The Morgan fingerprint density at radius 2 is 2.00 bits per heavy atom. The molecule has 0 saturated carbocycles. The molecule has 7 nitrogen and oxygen atoms in total. The Bertz CT molecular complexity index is 778. The molecule has 1 aromatic carbocycles. The number of morpholine rings is 1. The Morgan fingerprint density at radius 1 is 1.28 bits per heavy atom. The quantitative estimate of drug-likeness (QED) is 0.772. The Kier molecular flexibility index (Phi) is 5.06. The third kappa shape index (κ3) is 3.67. The lowest BCUT2D eigenvalue weighted by Gasteiger charge is -2.31. The Morgan fingerprint density at radius 3 is 2.64 bits per heavy atom. The summed E-state index contributed by atoms with van der Waals surface area (Å²) in [6.07, 6.45) is 1.74. The van der Waals surface area contributed by atoms with E-state index in [4.69, 9.17) is 4.74 Å². The van der Waals surface area contributed by atoms with Gasteiger partial charge < -0.3 is 20.1 Å². The van der Waals surface area contributed by atoms with Crippen molar-refractivity contribution in [3.63, 3.8) is 0 Å². The SMILES string of the molecule is CC(C)C(=O)Nc1ccc2[nH]cc([C@H](C(=O)O)N3CCOCC3)c2c1. The minimum atomic E-state index is -0.889. The highest BCUT2D eigenvalue weighted by molar-refractivity contribution is 5.96. The summed E-state index contributed by atoms with van der Waals surface area (Å²) in [6, 6.07) is 4.76. The molecule has 1 aliphatic heterocycles. The maximum atomic E-state index is 11.9. The lowest BCUT2D eigenvalue weighted by atomic mass is 10.0. The molecule has 1 aliphatic rings. The number of hydrogen-bond donors (Lipinski definition) is 3. The van der Waals surface area contributed by atoms with Gasteiger partial charge in [-0.15, -0.1) is 0 Å². The number of fused-ring (bicyclic) bond motifs is 1. The first kappa shape index (κ1) is 17.4. The van der Waals surface area contributed by atoms with Crippen LogP contribution in [0.2, 0.25) is 0 Å². The van der Waals surface area contributed by atoms with Crippen molar-refractivity contribution in [2.45, 2.75) is 19.9 Å². The number of rotatable bonds is 5. The maximum absolute atomic E-state index is 11.9. The number of carboxylic acids is 1. The number of nitrogens with zero attached hydrogens (tertiary/aromatic N) is 1. The van der Waals surface area contributed by atoms with E-state index in [0.717, 1.165) is 10.9 Å². The Balaban J connectivity index is 1.96. The van der Waals surface area contributed by atoms with Crippen LogP contribution in [-0.4, -0.2) is 53.2 Å². The Labute approximate surface area is 146 Å². The van der Waals surface area contributed by atoms with Crippen LogP contribution in [0, 0.1) is 5.92 Å². The summed E-state index contributed by atoms with van der Waals surface area (Å²) in [5.41, 5.74) is 2.21. The minimum absolute atomic E-state index is 0.0700. The van der Waals surface area contributed by atoms with Gasteiger partial charge in [-0.2, -0.15) is 0 Å². The normalized spacial score (nSPS) is 16.9. The van der Waals surface area contributed by atoms with Crippen molar-refractivity contribution >= 4 is 28.5 Å². The maximum Gasteiger partial charge on any atom is 0.325 e. The van der Waals surface area contributed by atoms with Crippen molar-refractivity contribution < 1.29 is 19.4 Å². The van der Waals surface area contributed by atoms with Crippen LogP contribution in [0.25, 0.3) is 10.9 Å². The first-order valence-corrected chi connectivity index (χ1v) is 8.44. The van der Waals surface area contributed by atoms with E-state index >= 15 is 0 Å². The molecule has 1 amide bonds. The average molecular weight is 345 g/mol. The number of hydrogen-bond acceptors (Lipinski definition) is 4. The topological polar surface area (TPSA) is 94.7 Å². The largest absolute Gasteiger partial charge is 0.480 e. The average Bonchev–Trinajstić information content (AvgIpc) is 2.99. The van der Waals surface area contributed by atoms with Crippen LogP contribution >= 0.6 is 0 Å². The molecule has 1 aromatic heterocycles. The van der Waals surface area contributed by atoms with Gasteiger partial charge in [0.2, 0.25) is 5.91 Å². The number of nitrogens with one attached hydrogen (secondary N) is 2. The summed E-state index contributed by atoms with van der Waals surface area (Å²) < 4.78 is 5.33. The van der Waals surface area contributed by atoms with Gasteiger partial charge >= 0.3 is 5.97 Å². The van der Waals surface area contributed by atoms with Crippen LogP contribution < -0.4 is 5.32 Å². The minimum Gasteiger partial charge on any atom is -0.480 e. The summed E-state index contributed by atoms with van der Waals surface area (Å²) in [5, 5.41) is 13.4. The summed E-state index contributed by atoms with van der Waals surface area (Å²) >= 11 is 0. The number of amides is 1. The monoisotopic (exact) mass is 345 g/mol. The van der Waals surface area contributed by atoms with Crippen molar-refractivity contribution in [3.8, 4) is 0 Å². The van der Waals surface area contributed by atoms with E-state index in [-0.39, 0.29) is 11.8 Å². The number of aliphatic carboxylic acids is 1. The van der Waals surface area contributed by atoms with Crippen molar-refractivity contribution in [1.29, 1.82) is 0 Å². The molecule has 1 atom stereocenters. The van der Waals surface area contributed by atoms with Crippen LogP contribution in [0.3, 0.4) is 0 Å². The first-order valence-electron chi connectivity index (χ1n) is 8.44. The predicted molar refractivity (Wildman–Crippen MR) is 94.5 cm³/mol. The number of H-pyrrole nitrogens is 1. The summed E-state index contributed by atoms with van der Waals surface area (Å²) in [4.78, 5) is 28.9. The predicted octanol–water partition coefficient (Wildman–Crippen LogP) is 2.22. The van der Waals surface area contributed by atoms with Crippen LogP contribution in [0.5, 0.6) is 0 Å². The van der Waals surface area contributed by atoms with Crippen molar-refractivity contribution in [2.24, 2.45) is 5.92 Å². The highest BCUT2D eigenvalue weighted by Gasteiger charge is 2.30. The molecule has 2 aromatic rings. The lowest BCUT2D eigenvalue weighted by Crippen LogP contribution is -2.42. The van der Waals surface area contributed by atoms with Gasteiger partial charge in [0, 0.05) is 47.4 Å². The van der Waals surface area contributed by atoms with E-state index in [0.29, 0.717) is 37.6 Å². The van der Waals surface area contributed by atoms with Gasteiger partial charge in [0.15, 0.2) is 0 Å². The van der Waals surface area contributed by atoms with Crippen LogP contribution in [-0.2, 0) is 14.3 Å². The third-order valence-electron chi connectivity index (χ3n) is 4.44. The van der Waals surface area contributed by atoms with Crippen LogP contribution in [0.4, 0.5) is 5.69 Å². The van der Waals surface area contributed by atoms with E-state index in [2.05, 4.69) is 10.3 Å². The van der Waals surface area contributed by atoms with E-state index in [1.807, 2.05) is 36.9 Å². The van der Waals surface area contributed by atoms with Crippen molar-refractivity contribution in [3.05, 3.63) is 30.0 Å². The van der Waals surface area contributed by atoms with Crippen molar-refractivity contribution in [2.75, 3.05) is 31.6 Å². The summed E-state index contributed by atoms with van der Waals surface area (Å²) in [5.74, 6) is -1.08. The molecule has 1 fully saturated rings. The number of ether oxygens (including phenoxy) is 1. The van der Waals surface area contributed by atoms with Gasteiger partial charge in [0.05, 0.1) is 13.2 Å². The van der Waals surface area contributed by atoms with E-state index in [1.165, 1.54) is 0 Å². The lowest BCUT2D eigenvalue weighted by molar-refractivity contribution is -0.145. The molecule has 0 spiro atoms.